The van der Waals surface area contributed by atoms with E-state index in [9.17, 15) is 4.79 Å². The highest BCUT2D eigenvalue weighted by atomic mass is 35.5. The molecule has 2 N–H and O–H groups in total. The molecule has 0 fully saturated rings. The molecule has 1 amide bonds. The summed E-state index contributed by atoms with van der Waals surface area (Å²) in [5.74, 6) is -0.136. The summed E-state index contributed by atoms with van der Waals surface area (Å²) in [4.78, 5) is 13.9. The molecule has 0 bridgehead atoms. The number of nitriles is 1. The van der Waals surface area contributed by atoms with Crippen LogP contribution < -0.4 is 5.73 Å². The number of hydrogen-bond donors (Lipinski definition) is 1. The smallest absolute Gasteiger partial charge is 0.254 e. The fourth-order valence-corrected chi connectivity index (χ4v) is 1.72. The standard InChI is InChI=1S/C13H16ClN3O/c1-9(2)17(7-3-6-15)13(18)10-4-5-11(14)12(16)8-10/h4-5,8-9H,3,7,16H2,1-2H3. The molecule has 0 aromatic heterocycles. The van der Waals surface area contributed by atoms with E-state index in [1.807, 2.05) is 19.9 Å². The van der Waals surface area contributed by atoms with Gasteiger partial charge in [0, 0.05) is 18.2 Å². The molecule has 18 heavy (non-hydrogen) atoms. The first-order chi connectivity index (χ1) is 8.47. The van der Waals surface area contributed by atoms with Crippen LogP contribution in [-0.4, -0.2) is 23.4 Å². The van der Waals surface area contributed by atoms with Crippen LogP contribution in [0, 0.1) is 11.3 Å². The highest BCUT2D eigenvalue weighted by molar-refractivity contribution is 6.33. The van der Waals surface area contributed by atoms with E-state index in [-0.39, 0.29) is 11.9 Å². The Morgan fingerprint density at radius 1 is 1.56 bits per heavy atom. The maximum atomic E-state index is 12.3. The summed E-state index contributed by atoms with van der Waals surface area (Å²) >= 11 is 5.82. The summed E-state index contributed by atoms with van der Waals surface area (Å²) in [7, 11) is 0. The second-order valence-corrected chi connectivity index (χ2v) is 4.64. The molecule has 0 unspecified atom stereocenters. The van der Waals surface area contributed by atoms with Crippen molar-refractivity contribution in [1.29, 1.82) is 5.26 Å². The first-order valence-corrected chi connectivity index (χ1v) is 6.08. The summed E-state index contributed by atoms with van der Waals surface area (Å²) in [6.45, 7) is 4.23. The minimum absolute atomic E-state index is 0.0303. The Labute approximate surface area is 112 Å². The van der Waals surface area contributed by atoms with Gasteiger partial charge in [0.25, 0.3) is 5.91 Å². The number of halogens is 1. The second kappa shape index (κ2) is 6.27. The van der Waals surface area contributed by atoms with Gasteiger partial charge in [-0.05, 0) is 32.0 Å². The van der Waals surface area contributed by atoms with E-state index in [1.54, 1.807) is 23.1 Å². The summed E-state index contributed by atoms with van der Waals surface area (Å²) in [6.07, 6.45) is 0.312. The van der Waals surface area contributed by atoms with Crippen LogP contribution in [-0.2, 0) is 0 Å². The van der Waals surface area contributed by atoms with Gasteiger partial charge >= 0.3 is 0 Å². The quantitative estimate of drug-likeness (QED) is 0.851. The van der Waals surface area contributed by atoms with E-state index in [1.165, 1.54) is 0 Å². The molecule has 1 rings (SSSR count). The van der Waals surface area contributed by atoms with Crippen LogP contribution in [0.3, 0.4) is 0 Å². The highest BCUT2D eigenvalue weighted by Gasteiger charge is 2.18. The molecule has 4 nitrogen and oxygen atoms in total. The third kappa shape index (κ3) is 3.38. The first-order valence-electron chi connectivity index (χ1n) is 5.70. The maximum Gasteiger partial charge on any atom is 0.254 e. The van der Waals surface area contributed by atoms with Gasteiger partial charge in [0.15, 0.2) is 0 Å². The molecule has 0 aliphatic heterocycles. The predicted molar refractivity (Wildman–Crippen MR) is 72.3 cm³/mol. The van der Waals surface area contributed by atoms with E-state index in [2.05, 4.69) is 0 Å². The van der Waals surface area contributed by atoms with Crippen LogP contribution in [0.15, 0.2) is 18.2 Å². The van der Waals surface area contributed by atoms with Crippen molar-refractivity contribution in [3.8, 4) is 6.07 Å². The predicted octanol–water partition coefficient (Wildman–Crippen LogP) is 2.69. The van der Waals surface area contributed by atoms with Crippen molar-refractivity contribution in [3.05, 3.63) is 28.8 Å². The van der Waals surface area contributed by atoms with Crippen LogP contribution in [0.25, 0.3) is 0 Å². The topological polar surface area (TPSA) is 70.1 Å². The molecule has 0 radical (unpaired) electrons. The summed E-state index contributed by atoms with van der Waals surface area (Å²) in [5, 5.41) is 9.03. The zero-order valence-corrected chi connectivity index (χ0v) is 11.2. The van der Waals surface area contributed by atoms with E-state index < -0.39 is 0 Å². The number of carbonyl (C=O) groups is 1. The summed E-state index contributed by atoms with van der Waals surface area (Å²) < 4.78 is 0. The monoisotopic (exact) mass is 265 g/mol. The Bertz CT molecular complexity index is 480. The molecule has 0 aliphatic rings. The van der Waals surface area contributed by atoms with Gasteiger partial charge < -0.3 is 10.6 Å². The number of rotatable bonds is 4. The highest BCUT2D eigenvalue weighted by Crippen LogP contribution is 2.21. The van der Waals surface area contributed by atoms with Gasteiger partial charge in [0.1, 0.15) is 0 Å². The first kappa shape index (κ1) is 14.3. The Balaban J connectivity index is 2.95. The lowest BCUT2D eigenvalue weighted by molar-refractivity contribution is 0.0710. The van der Waals surface area contributed by atoms with Crippen molar-refractivity contribution in [1.82, 2.24) is 4.90 Å². The molecule has 96 valence electrons. The number of anilines is 1. The van der Waals surface area contributed by atoms with Gasteiger partial charge in [-0.25, -0.2) is 0 Å². The number of carbonyl (C=O) groups excluding carboxylic acids is 1. The van der Waals surface area contributed by atoms with Crippen LogP contribution in [0.5, 0.6) is 0 Å². The Hall–Kier alpha value is -1.73. The fraction of sp³-hybridized carbons (Fsp3) is 0.385. The lowest BCUT2D eigenvalue weighted by atomic mass is 10.1. The minimum Gasteiger partial charge on any atom is -0.398 e. The molecular formula is C13H16ClN3O. The number of amides is 1. The number of hydrogen-bond acceptors (Lipinski definition) is 3. The number of benzene rings is 1. The number of nitrogens with two attached hydrogens (primary N) is 1. The zero-order valence-electron chi connectivity index (χ0n) is 10.5. The molecular weight excluding hydrogens is 250 g/mol. The Morgan fingerprint density at radius 2 is 2.22 bits per heavy atom. The lowest BCUT2D eigenvalue weighted by Gasteiger charge is -2.26. The van der Waals surface area contributed by atoms with Crippen LogP contribution in [0.2, 0.25) is 5.02 Å². The van der Waals surface area contributed by atoms with Crippen molar-refractivity contribution in [2.45, 2.75) is 26.3 Å². The Kier molecular flexibility index (Phi) is 4.99. The molecule has 0 atom stereocenters. The van der Waals surface area contributed by atoms with Crippen molar-refractivity contribution in [3.63, 3.8) is 0 Å². The summed E-state index contributed by atoms with van der Waals surface area (Å²) in [5.41, 5.74) is 6.55. The van der Waals surface area contributed by atoms with Crippen LogP contribution in [0.1, 0.15) is 30.6 Å². The minimum atomic E-state index is -0.136. The molecule has 0 heterocycles. The molecule has 1 aromatic rings. The average molecular weight is 266 g/mol. The van der Waals surface area contributed by atoms with Crippen molar-refractivity contribution in [2.75, 3.05) is 12.3 Å². The van der Waals surface area contributed by atoms with Crippen LogP contribution >= 0.6 is 11.6 Å². The zero-order chi connectivity index (χ0) is 13.7. The van der Waals surface area contributed by atoms with Gasteiger partial charge in [-0.2, -0.15) is 5.26 Å². The van der Waals surface area contributed by atoms with Gasteiger partial charge in [-0.15, -0.1) is 0 Å². The van der Waals surface area contributed by atoms with Crippen molar-refractivity contribution in [2.24, 2.45) is 0 Å². The van der Waals surface area contributed by atoms with Crippen LogP contribution in [0.4, 0.5) is 5.69 Å². The molecule has 0 saturated carbocycles. The number of nitrogen functional groups attached to an aromatic ring is 1. The second-order valence-electron chi connectivity index (χ2n) is 4.24. The van der Waals surface area contributed by atoms with Crippen molar-refractivity contribution < 1.29 is 4.79 Å². The van der Waals surface area contributed by atoms with Gasteiger partial charge in [0.05, 0.1) is 23.2 Å². The third-order valence-corrected chi connectivity index (χ3v) is 2.94. The molecule has 0 spiro atoms. The third-order valence-electron chi connectivity index (χ3n) is 2.59. The van der Waals surface area contributed by atoms with E-state index in [0.717, 1.165) is 0 Å². The Morgan fingerprint density at radius 3 is 2.72 bits per heavy atom. The molecule has 0 aliphatic carbocycles. The lowest BCUT2D eigenvalue weighted by Crippen LogP contribution is -2.37. The SMILES string of the molecule is CC(C)N(CCC#N)C(=O)c1ccc(Cl)c(N)c1. The summed E-state index contributed by atoms with van der Waals surface area (Å²) in [6, 6.07) is 6.88. The maximum absolute atomic E-state index is 12.3. The van der Waals surface area contributed by atoms with Crippen molar-refractivity contribution >= 4 is 23.2 Å². The van der Waals surface area contributed by atoms with Gasteiger partial charge in [-0.3, -0.25) is 4.79 Å². The van der Waals surface area contributed by atoms with E-state index in [0.29, 0.717) is 29.2 Å². The van der Waals surface area contributed by atoms with Gasteiger partial charge in [-0.1, -0.05) is 11.6 Å². The van der Waals surface area contributed by atoms with Gasteiger partial charge in [0.2, 0.25) is 0 Å². The van der Waals surface area contributed by atoms with E-state index in [4.69, 9.17) is 22.6 Å². The molecule has 1 aromatic carbocycles. The van der Waals surface area contributed by atoms with E-state index >= 15 is 0 Å². The molecule has 0 saturated heterocycles. The fourth-order valence-electron chi connectivity index (χ4n) is 1.61. The normalized spacial score (nSPS) is 10.2. The average Bonchev–Trinajstić information content (AvgIpc) is 2.32. The largest absolute Gasteiger partial charge is 0.398 e. The number of nitrogens with zero attached hydrogens (tertiary/aromatic N) is 2. The molecule has 5 heteroatoms.